The van der Waals surface area contributed by atoms with Crippen LogP contribution in [0.25, 0.3) is 0 Å². The van der Waals surface area contributed by atoms with Gasteiger partial charge in [0.05, 0.1) is 22.0 Å². The number of anilines is 1. The molecule has 0 aliphatic heterocycles. The predicted molar refractivity (Wildman–Crippen MR) is 69.5 cm³/mol. The highest BCUT2D eigenvalue weighted by atomic mass is 35.5. The predicted octanol–water partition coefficient (Wildman–Crippen LogP) is 3.90. The number of carboxylic acids is 1. The highest BCUT2D eigenvalue weighted by molar-refractivity contribution is 6.39. The van der Waals surface area contributed by atoms with Crippen LogP contribution in [-0.2, 0) is 6.54 Å². The maximum atomic E-state index is 10.9. The molecule has 0 aliphatic rings. The van der Waals surface area contributed by atoms with Crippen molar-refractivity contribution in [3.8, 4) is 0 Å². The van der Waals surface area contributed by atoms with Crippen LogP contribution in [0.3, 0.4) is 0 Å². The third-order valence-electron chi connectivity index (χ3n) is 2.36. The number of rotatable bonds is 4. The Bertz CT molecular complexity index is 560. The number of aromatic carboxylic acids is 1. The van der Waals surface area contributed by atoms with Crippen LogP contribution in [0.5, 0.6) is 0 Å². The van der Waals surface area contributed by atoms with E-state index in [2.05, 4.69) is 5.32 Å². The van der Waals surface area contributed by atoms with Gasteiger partial charge in [-0.3, -0.25) is 0 Å². The Labute approximate surface area is 113 Å². The van der Waals surface area contributed by atoms with Gasteiger partial charge in [-0.2, -0.15) is 0 Å². The molecule has 0 saturated heterocycles. The van der Waals surface area contributed by atoms with Gasteiger partial charge in [0.2, 0.25) is 5.76 Å². The standard InChI is InChI=1S/C12H9Cl2NO3/c13-8-2-1-3-9(14)10(8)15-6-7-4-5-18-11(7)12(16)17/h1-5,15H,6H2,(H,16,17). The van der Waals surface area contributed by atoms with E-state index >= 15 is 0 Å². The summed E-state index contributed by atoms with van der Waals surface area (Å²) in [5.74, 6) is -1.20. The molecule has 0 bridgehead atoms. The number of hydrogen-bond donors (Lipinski definition) is 2. The summed E-state index contributed by atoms with van der Waals surface area (Å²) in [4.78, 5) is 10.9. The topological polar surface area (TPSA) is 62.5 Å². The first kappa shape index (κ1) is 12.8. The van der Waals surface area contributed by atoms with E-state index in [-0.39, 0.29) is 12.3 Å². The van der Waals surface area contributed by atoms with Gasteiger partial charge in [0.15, 0.2) is 0 Å². The van der Waals surface area contributed by atoms with Crippen molar-refractivity contribution in [2.24, 2.45) is 0 Å². The van der Waals surface area contributed by atoms with Crippen LogP contribution in [0.1, 0.15) is 16.1 Å². The van der Waals surface area contributed by atoms with Crippen molar-refractivity contribution >= 4 is 34.9 Å². The van der Waals surface area contributed by atoms with Gasteiger partial charge < -0.3 is 14.8 Å². The molecule has 18 heavy (non-hydrogen) atoms. The summed E-state index contributed by atoms with van der Waals surface area (Å²) in [6.07, 6.45) is 1.33. The number of carboxylic acid groups (broad SMARTS) is 1. The molecule has 1 heterocycles. The highest BCUT2D eigenvalue weighted by Crippen LogP contribution is 2.30. The minimum Gasteiger partial charge on any atom is -0.475 e. The van der Waals surface area contributed by atoms with Gasteiger partial charge in [0.1, 0.15) is 0 Å². The summed E-state index contributed by atoms with van der Waals surface area (Å²) in [6.45, 7) is 0.265. The van der Waals surface area contributed by atoms with E-state index in [0.717, 1.165) is 0 Å². The van der Waals surface area contributed by atoms with Gasteiger partial charge in [0, 0.05) is 12.1 Å². The Hall–Kier alpha value is -1.65. The van der Waals surface area contributed by atoms with E-state index in [1.807, 2.05) is 0 Å². The molecule has 2 aromatic rings. The molecule has 0 fully saturated rings. The molecule has 0 unspecified atom stereocenters. The van der Waals surface area contributed by atoms with E-state index in [1.165, 1.54) is 6.26 Å². The fraction of sp³-hybridized carbons (Fsp3) is 0.0833. The number of nitrogens with one attached hydrogen (secondary N) is 1. The molecule has 0 aliphatic carbocycles. The first-order chi connectivity index (χ1) is 8.59. The fourth-order valence-electron chi connectivity index (χ4n) is 1.51. The molecule has 0 radical (unpaired) electrons. The summed E-state index contributed by atoms with van der Waals surface area (Å²) < 4.78 is 4.87. The molecule has 6 heteroatoms. The lowest BCUT2D eigenvalue weighted by Crippen LogP contribution is -2.05. The summed E-state index contributed by atoms with van der Waals surface area (Å²) in [5, 5.41) is 12.8. The molecule has 1 aromatic carbocycles. The van der Waals surface area contributed by atoms with Gasteiger partial charge >= 0.3 is 5.97 Å². The van der Waals surface area contributed by atoms with Gasteiger partial charge in [-0.25, -0.2) is 4.79 Å². The smallest absolute Gasteiger partial charge is 0.372 e. The van der Waals surface area contributed by atoms with Crippen molar-refractivity contribution in [1.82, 2.24) is 0 Å². The maximum absolute atomic E-state index is 10.9. The normalized spacial score (nSPS) is 10.3. The second-order valence-corrected chi connectivity index (χ2v) is 4.34. The van der Waals surface area contributed by atoms with Crippen LogP contribution >= 0.6 is 23.2 Å². The Morgan fingerprint density at radius 2 is 1.94 bits per heavy atom. The van der Waals surface area contributed by atoms with E-state index in [0.29, 0.717) is 21.3 Å². The second kappa shape index (κ2) is 5.33. The molecule has 0 atom stereocenters. The molecule has 0 saturated carbocycles. The molecule has 2 rings (SSSR count). The van der Waals surface area contributed by atoms with Crippen molar-refractivity contribution in [1.29, 1.82) is 0 Å². The van der Waals surface area contributed by atoms with E-state index in [1.54, 1.807) is 24.3 Å². The van der Waals surface area contributed by atoms with Crippen LogP contribution in [0, 0.1) is 0 Å². The Morgan fingerprint density at radius 1 is 1.28 bits per heavy atom. The monoisotopic (exact) mass is 285 g/mol. The number of para-hydroxylation sites is 1. The summed E-state index contributed by atoms with van der Waals surface area (Å²) in [6, 6.07) is 6.71. The summed E-state index contributed by atoms with van der Waals surface area (Å²) in [5.41, 5.74) is 1.09. The average molecular weight is 286 g/mol. The molecule has 4 nitrogen and oxygen atoms in total. The van der Waals surface area contributed by atoms with E-state index in [4.69, 9.17) is 32.7 Å². The first-order valence-electron chi connectivity index (χ1n) is 5.07. The highest BCUT2D eigenvalue weighted by Gasteiger charge is 2.14. The van der Waals surface area contributed by atoms with Gasteiger partial charge in [-0.05, 0) is 18.2 Å². The minimum atomic E-state index is -1.11. The van der Waals surface area contributed by atoms with Crippen molar-refractivity contribution in [2.75, 3.05) is 5.32 Å². The fourth-order valence-corrected chi connectivity index (χ4v) is 2.04. The summed E-state index contributed by atoms with van der Waals surface area (Å²) >= 11 is 12.0. The average Bonchev–Trinajstić information content (AvgIpc) is 2.76. The van der Waals surface area contributed by atoms with Crippen LogP contribution in [0.2, 0.25) is 10.0 Å². The van der Waals surface area contributed by atoms with Crippen molar-refractivity contribution in [2.45, 2.75) is 6.54 Å². The number of furan rings is 1. The molecular formula is C12H9Cl2NO3. The van der Waals surface area contributed by atoms with Gasteiger partial charge in [0.25, 0.3) is 0 Å². The lowest BCUT2D eigenvalue weighted by atomic mass is 10.2. The number of benzene rings is 1. The molecular weight excluding hydrogens is 277 g/mol. The number of carbonyl (C=O) groups is 1. The van der Waals surface area contributed by atoms with Crippen LogP contribution in [-0.4, -0.2) is 11.1 Å². The van der Waals surface area contributed by atoms with Gasteiger partial charge in [-0.1, -0.05) is 29.3 Å². The zero-order valence-corrected chi connectivity index (χ0v) is 10.6. The molecule has 2 N–H and O–H groups in total. The Kier molecular flexibility index (Phi) is 3.79. The van der Waals surface area contributed by atoms with Crippen LogP contribution in [0.4, 0.5) is 5.69 Å². The Balaban J connectivity index is 2.17. The van der Waals surface area contributed by atoms with E-state index in [9.17, 15) is 4.79 Å². The van der Waals surface area contributed by atoms with Crippen molar-refractivity contribution in [3.63, 3.8) is 0 Å². The third-order valence-corrected chi connectivity index (χ3v) is 2.99. The zero-order chi connectivity index (χ0) is 13.1. The van der Waals surface area contributed by atoms with E-state index < -0.39 is 5.97 Å². The second-order valence-electron chi connectivity index (χ2n) is 3.53. The molecule has 94 valence electrons. The summed E-state index contributed by atoms with van der Waals surface area (Å²) in [7, 11) is 0. The SMILES string of the molecule is O=C(O)c1occc1CNc1c(Cl)cccc1Cl. The van der Waals surface area contributed by atoms with Gasteiger partial charge in [-0.15, -0.1) is 0 Å². The number of hydrogen-bond acceptors (Lipinski definition) is 3. The maximum Gasteiger partial charge on any atom is 0.372 e. The first-order valence-corrected chi connectivity index (χ1v) is 5.82. The molecule has 1 aromatic heterocycles. The molecule has 0 amide bonds. The van der Waals surface area contributed by atoms with Crippen molar-refractivity contribution < 1.29 is 14.3 Å². The number of halogens is 2. The van der Waals surface area contributed by atoms with Crippen LogP contribution < -0.4 is 5.32 Å². The lowest BCUT2D eigenvalue weighted by molar-refractivity contribution is 0.0661. The minimum absolute atomic E-state index is 0.0920. The molecule has 0 spiro atoms. The zero-order valence-electron chi connectivity index (χ0n) is 9.11. The lowest BCUT2D eigenvalue weighted by Gasteiger charge is -2.09. The third kappa shape index (κ3) is 2.60. The van der Waals surface area contributed by atoms with Crippen LogP contribution in [0.15, 0.2) is 34.9 Å². The van der Waals surface area contributed by atoms with Crippen molar-refractivity contribution in [3.05, 3.63) is 51.9 Å². The quantitative estimate of drug-likeness (QED) is 0.894. The largest absolute Gasteiger partial charge is 0.475 e. The Morgan fingerprint density at radius 3 is 2.56 bits per heavy atom.